The van der Waals surface area contributed by atoms with Crippen molar-refractivity contribution in [1.29, 1.82) is 0 Å². The van der Waals surface area contributed by atoms with E-state index in [1.54, 1.807) is 6.07 Å². The molecule has 1 saturated heterocycles. The second-order valence-corrected chi connectivity index (χ2v) is 5.41. The summed E-state index contributed by atoms with van der Waals surface area (Å²) in [5.74, 6) is -1.06. The van der Waals surface area contributed by atoms with Crippen LogP contribution in [0.15, 0.2) is 28.7 Å². The molecule has 112 valence electrons. The van der Waals surface area contributed by atoms with Crippen LogP contribution in [0.2, 0.25) is 0 Å². The summed E-state index contributed by atoms with van der Waals surface area (Å²) in [7, 11) is 0. The van der Waals surface area contributed by atoms with Crippen molar-refractivity contribution in [3.63, 3.8) is 0 Å². The van der Waals surface area contributed by atoms with E-state index in [9.17, 15) is 4.79 Å². The van der Waals surface area contributed by atoms with Gasteiger partial charge in [-0.1, -0.05) is 6.07 Å². The van der Waals surface area contributed by atoms with Crippen molar-refractivity contribution < 1.29 is 19.1 Å². The molecule has 1 aliphatic rings. The summed E-state index contributed by atoms with van der Waals surface area (Å²) in [6.45, 7) is 2.46. The molecule has 0 radical (unpaired) electrons. The Balaban J connectivity index is 1.60. The number of fused-ring (bicyclic) bond motifs is 1. The number of nitrogens with one attached hydrogen (secondary N) is 1. The molecule has 3 rings (SSSR count). The van der Waals surface area contributed by atoms with Gasteiger partial charge in [-0.25, -0.2) is 4.79 Å². The quantitative estimate of drug-likeness (QED) is 0.885. The van der Waals surface area contributed by atoms with Gasteiger partial charge in [0.15, 0.2) is 0 Å². The minimum atomic E-state index is -1.04. The Kier molecular flexibility index (Phi) is 4.22. The molecule has 1 aromatic heterocycles. The highest BCUT2D eigenvalue weighted by atomic mass is 16.5. The molecular weight excluding hydrogens is 270 g/mol. The van der Waals surface area contributed by atoms with Crippen LogP contribution in [0.5, 0.6) is 0 Å². The lowest BCUT2D eigenvalue weighted by molar-refractivity contribution is 0.0168. The van der Waals surface area contributed by atoms with Crippen LogP contribution in [0, 0.1) is 0 Å². The van der Waals surface area contributed by atoms with Crippen LogP contribution >= 0.6 is 0 Å². The molecule has 2 heterocycles. The van der Waals surface area contributed by atoms with Crippen LogP contribution < -0.4 is 5.32 Å². The fourth-order valence-electron chi connectivity index (χ4n) is 2.65. The third-order valence-corrected chi connectivity index (χ3v) is 3.77. The fourth-order valence-corrected chi connectivity index (χ4v) is 2.65. The number of benzene rings is 1. The van der Waals surface area contributed by atoms with Crippen molar-refractivity contribution in [3.8, 4) is 0 Å². The molecule has 0 saturated carbocycles. The predicted octanol–water partition coefficient (Wildman–Crippen LogP) is 2.79. The van der Waals surface area contributed by atoms with Gasteiger partial charge in [-0.2, -0.15) is 0 Å². The van der Waals surface area contributed by atoms with Crippen molar-refractivity contribution in [2.45, 2.75) is 31.9 Å². The monoisotopic (exact) mass is 289 g/mol. The smallest absolute Gasteiger partial charge is 0.371 e. The van der Waals surface area contributed by atoms with Gasteiger partial charge >= 0.3 is 5.97 Å². The van der Waals surface area contributed by atoms with Gasteiger partial charge in [0.05, 0.1) is 6.10 Å². The summed E-state index contributed by atoms with van der Waals surface area (Å²) in [6, 6.07) is 7.29. The van der Waals surface area contributed by atoms with E-state index in [2.05, 4.69) is 5.32 Å². The normalized spacial score (nSPS) is 19.0. The number of ether oxygens (including phenoxy) is 1. The Hall–Kier alpha value is -1.85. The maximum atomic E-state index is 10.9. The van der Waals surface area contributed by atoms with Crippen LogP contribution in [-0.4, -0.2) is 30.3 Å². The minimum absolute atomic E-state index is 0.0225. The number of aromatic carboxylic acids is 1. The third kappa shape index (κ3) is 3.43. The lowest BCUT2D eigenvalue weighted by Gasteiger charge is -2.22. The van der Waals surface area contributed by atoms with E-state index in [0.717, 1.165) is 37.1 Å². The molecule has 0 spiro atoms. The number of carboxylic acid groups (broad SMARTS) is 1. The Labute approximate surface area is 122 Å². The first-order valence-electron chi connectivity index (χ1n) is 7.30. The summed E-state index contributed by atoms with van der Waals surface area (Å²) in [5, 5.41) is 13.1. The number of carbonyl (C=O) groups is 1. The van der Waals surface area contributed by atoms with Crippen LogP contribution in [0.3, 0.4) is 0 Å². The number of carboxylic acids is 1. The van der Waals surface area contributed by atoms with E-state index in [1.165, 1.54) is 12.8 Å². The van der Waals surface area contributed by atoms with E-state index in [4.69, 9.17) is 14.3 Å². The van der Waals surface area contributed by atoms with Crippen LogP contribution in [0.4, 0.5) is 0 Å². The zero-order valence-corrected chi connectivity index (χ0v) is 11.8. The van der Waals surface area contributed by atoms with Crippen molar-refractivity contribution in [2.24, 2.45) is 0 Å². The highest BCUT2D eigenvalue weighted by Gasteiger charge is 2.13. The molecule has 0 amide bonds. The lowest BCUT2D eigenvalue weighted by atomic mass is 10.1. The fraction of sp³-hybridized carbons (Fsp3) is 0.438. The highest BCUT2D eigenvalue weighted by molar-refractivity contribution is 5.91. The summed E-state index contributed by atoms with van der Waals surface area (Å²) in [4.78, 5) is 10.9. The summed E-state index contributed by atoms with van der Waals surface area (Å²) in [6.07, 6.45) is 3.84. The Bertz CT molecular complexity index is 628. The summed E-state index contributed by atoms with van der Waals surface area (Å²) < 4.78 is 10.9. The average Bonchev–Trinajstić information content (AvgIpc) is 2.92. The molecule has 5 heteroatoms. The van der Waals surface area contributed by atoms with Crippen LogP contribution in [-0.2, 0) is 11.3 Å². The molecule has 0 bridgehead atoms. The van der Waals surface area contributed by atoms with E-state index < -0.39 is 5.97 Å². The Morgan fingerprint density at radius 2 is 2.24 bits per heavy atom. The molecule has 5 nitrogen and oxygen atoms in total. The van der Waals surface area contributed by atoms with E-state index in [1.807, 2.05) is 18.2 Å². The second-order valence-electron chi connectivity index (χ2n) is 5.41. The van der Waals surface area contributed by atoms with E-state index >= 15 is 0 Å². The van der Waals surface area contributed by atoms with Crippen molar-refractivity contribution in [1.82, 2.24) is 5.32 Å². The predicted molar refractivity (Wildman–Crippen MR) is 78.5 cm³/mol. The second kappa shape index (κ2) is 6.28. The summed E-state index contributed by atoms with van der Waals surface area (Å²) >= 11 is 0. The minimum Gasteiger partial charge on any atom is -0.475 e. The molecule has 1 aliphatic heterocycles. The molecule has 1 atom stereocenters. The maximum absolute atomic E-state index is 10.9. The summed E-state index contributed by atoms with van der Waals surface area (Å²) in [5.41, 5.74) is 1.71. The third-order valence-electron chi connectivity index (χ3n) is 3.77. The van der Waals surface area contributed by atoms with E-state index in [-0.39, 0.29) is 5.76 Å². The largest absolute Gasteiger partial charge is 0.475 e. The van der Waals surface area contributed by atoms with Gasteiger partial charge in [0.1, 0.15) is 5.58 Å². The topological polar surface area (TPSA) is 71.7 Å². The average molecular weight is 289 g/mol. The van der Waals surface area contributed by atoms with Gasteiger partial charge in [0.2, 0.25) is 5.76 Å². The first kappa shape index (κ1) is 14.1. The van der Waals surface area contributed by atoms with Gasteiger partial charge in [-0.15, -0.1) is 0 Å². The molecule has 21 heavy (non-hydrogen) atoms. The van der Waals surface area contributed by atoms with Gasteiger partial charge in [0.25, 0.3) is 0 Å². The molecule has 0 aliphatic carbocycles. The molecule has 2 aromatic rings. The molecule has 1 unspecified atom stereocenters. The number of hydrogen-bond donors (Lipinski definition) is 2. The Morgan fingerprint density at radius 1 is 1.33 bits per heavy atom. The van der Waals surface area contributed by atoms with Gasteiger partial charge in [0, 0.05) is 25.1 Å². The number of furan rings is 1. The van der Waals surface area contributed by atoms with Gasteiger partial charge < -0.3 is 19.6 Å². The Morgan fingerprint density at radius 3 is 3.00 bits per heavy atom. The lowest BCUT2D eigenvalue weighted by Crippen LogP contribution is -2.31. The van der Waals surface area contributed by atoms with Crippen molar-refractivity contribution in [2.75, 3.05) is 13.2 Å². The first-order valence-corrected chi connectivity index (χ1v) is 7.30. The van der Waals surface area contributed by atoms with Gasteiger partial charge in [-0.3, -0.25) is 0 Å². The molecule has 2 N–H and O–H groups in total. The molecular formula is C16H19NO4. The standard InChI is InChI=1S/C16H19NO4/c18-16(19)15-8-12-7-11(4-5-14(12)21-15)9-17-10-13-3-1-2-6-20-13/h4-5,7-8,13,17H,1-3,6,9-10H2,(H,18,19). The highest BCUT2D eigenvalue weighted by Crippen LogP contribution is 2.21. The van der Waals surface area contributed by atoms with Crippen LogP contribution in [0.1, 0.15) is 35.4 Å². The van der Waals surface area contributed by atoms with Crippen molar-refractivity contribution >= 4 is 16.9 Å². The van der Waals surface area contributed by atoms with Crippen molar-refractivity contribution in [3.05, 3.63) is 35.6 Å². The first-order chi connectivity index (χ1) is 10.2. The van der Waals surface area contributed by atoms with Gasteiger partial charge in [-0.05, 0) is 43.0 Å². The zero-order valence-electron chi connectivity index (χ0n) is 11.8. The zero-order chi connectivity index (χ0) is 14.7. The van der Waals surface area contributed by atoms with Crippen LogP contribution in [0.25, 0.3) is 11.0 Å². The number of hydrogen-bond acceptors (Lipinski definition) is 4. The molecule has 1 fully saturated rings. The number of rotatable bonds is 5. The van der Waals surface area contributed by atoms with E-state index in [0.29, 0.717) is 11.7 Å². The maximum Gasteiger partial charge on any atom is 0.371 e. The SMILES string of the molecule is O=C(O)c1cc2cc(CNCC3CCCCO3)ccc2o1. The molecule has 1 aromatic carbocycles.